The summed E-state index contributed by atoms with van der Waals surface area (Å²) in [4.78, 5) is 0. The van der Waals surface area contributed by atoms with Gasteiger partial charge in [-0.3, -0.25) is 0 Å². The molecule has 0 unspecified atom stereocenters. The van der Waals surface area contributed by atoms with Gasteiger partial charge < -0.3 is 0 Å². The number of halogens is 4. The van der Waals surface area contributed by atoms with Crippen molar-refractivity contribution >= 4 is 0 Å². The predicted molar refractivity (Wildman–Crippen MR) is 165 cm³/mol. The smallest absolute Gasteiger partial charge is 0.166 e. The molecule has 5 rings (SSSR count). The molecule has 0 atom stereocenters. The zero-order valence-corrected chi connectivity index (χ0v) is 25.1. The normalized spacial score (nSPS) is 23.0. The molecule has 2 aliphatic carbocycles. The van der Waals surface area contributed by atoms with Crippen molar-refractivity contribution in [2.24, 2.45) is 17.8 Å². The molecule has 4 heteroatoms. The quantitative estimate of drug-likeness (QED) is 0.135. The molecule has 42 heavy (non-hydrogen) atoms. The summed E-state index contributed by atoms with van der Waals surface area (Å²) in [6.07, 6.45) is 16.9. The van der Waals surface area contributed by atoms with Crippen LogP contribution in [0.2, 0.25) is 0 Å². The Hall–Kier alpha value is -2.88. The van der Waals surface area contributed by atoms with Crippen LogP contribution in [0.5, 0.6) is 0 Å². The maximum absolute atomic E-state index is 15.4. The maximum atomic E-state index is 15.4. The minimum Gasteiger partial charge on any atom is -0.203 e. The van der Waals surface area contributed by atoms with Crippen LogP contribution >= 0.6 is 0 Å². The van der Waals surface area contributed by atoms with E-state index >= 15 is 8.78 Å². The zero-order valence-electron chi connectivity index (χ0n) is 25.1. The first-order valence-electron chi connectivity index (χ1n) is 16.1. The zero-order chi connectivity index (χ0) is 29.6. The van der Waals surface area contributed by atoms with Crippen molar-refractivity contribution in [1.29, 1.82) is 0 Å². The second kappa shape index (κ2) is 14.1. The van der Waals surface area contributed by atoms with Crippen LogP contribution in [0.4, 0.5) is 17.6 Å². The van der Waals surface area contributed by atoms with Crippen LogP contribution < -0.4 is 0 Å². The van der Waals surface area contributed by atoms with E-state index < -0.39 is 23.3 Å². The Kier molecular flexibility index (Phi) is 10.2. The second-order valence-corrected chi connectivity index (χ2v) is 12.6. The molecule has 224 valence electrons. The van der Waals surface area contributed by atoms with E-state index in [0.29, 0.717) is 34.6 Å². The van der Waals surface area contributed by atoms with Gasteiger partial charge in [-0.25, -0.2) is 17.6 Å². The van der Waals surface area contributed by atoms with Crippen LogP contribution in [-0.4, -0.2) is 0 Å². The molecule has 0 amide bonds. The van der Waals surface area contributed by atoms with E-state index in [1.807, 2.05) is 0 Å². The number of hydrogen-bond donors (Lipinski definition) is 0. The molecule has 0 nitrogen and oxygen atoms in total. The molecular formula is C38H44F4. The van der Waals surface area contributed by atoms with Crippen LogP contribution in [0.3, 0.4) is 0 Å². The van der Waals surface area contributed by atoms with Gasteiger partial charge in [-0.1, -0.05) is 80.4 Å². The number of aryl methyl sites for hydroxylation is 1. The summed E-state index contributed by atoms with van der Waals surface area (Å²) in [6, 6.07) is 13.3. The van der Waals surface area contributed by atoms with Crippen molar-refractivity contribution in [2.75, 3.05) is 0 Å². The molecule has 0 aliphatic heterocycles. The Morgan fingerprint density at radius 3 is 1.74 bits per heavy atom. The maximum Gasteiger partial charge on any atom is 0.166 e. The predicted octanol–water partition coefficient (Wildman–Crippen LogP) is 12.0. The minimum atomic E-state index is -0.866. The molecule has 0 radical (unpaired) electrons. The summed E-state index contributed by atoms with van der Waals surface area (Å²) < 4.78 is 60.4. The first kappa shape index (κ1) is 30.6. The van der Waals surface area contributed by atoms with Gasteiger partial charge in [-0.2, -0.15) is 0 Å². The Labute approximate surface area is 249 Å². The van der Waals surface area contributed by atoms with Gasteiger partial charge in [-0.05, 0) is 117 Å². The molecule has 2 aliphatic rings. The van der Waals surface area contributed by atoms with E-state index in [1.165, 1.54) is 25.7 Å². The Bertz CT molecular complexity index is 1360. The fraction of sp³-hybridized carbons (Fsp3) is 0.474. The summed E-state index contributed by atoms with van der Waals surface area (Å²) in [5.74, 6) is -1.00. The van der Waals surface area contributed by atoms with E-state index in [1.54, 1.807) is 48.5 Å². The lowest BCUT2D eigenvalue weighted by Gasteiger charge is -2.37. The molecule has 0 spiro atoms. The lowest BCUT2D eigenvalue weighted by molar-refractivity contribution is 0.170. The monoisotopic (exact) mass is 576 g/mol. The van der Waals surface area contributed by atoms with Crippen LogP contribution in [-0.2, 0) is 6.42 Å². The molecule has 3 aromatic carbocycles. The van der Waals surface area contributed by atoms with Crippen molar-refractivity contribution in [3.8, 4) is 22.3 Å². The third-order valence-electron chi connectivity index (χ3n) is 9.99. The van der Waals surface area contributed by atoms with E-state index in [-0.39, 0.29) is 17.0 Å². The topological polar surface area (TPSA) is 0 Å². The fourth-order valence-electron chi connectivity index (χ4n) is 7.49. The lowest BCUT2D eigenvalue weighted by Crippen LogP contribution is -2.25. The van der Waals surface area contributed by atoms with E-state index in [4.69, 9.17) is 0 Å². The standard InChI is InChI=1S/C38H44F4/c1-3-5-6-8-31-21-22-32(36(40)35(31)39)29-17-19-30(20-18-29)34-24-23-33(37(41)38(34)42)28-15-13-27(14-16-28)26-11-9-25(7-4-2)10-12-26/h4,7,17-28H,3,5-6,8-16H2,1-2H3/b7-4+. The Morgan fingerprint density at radius 1 is 0.619 bits per heavy atom. The highest BCUT2D eigenvalue weighted by Crippen LogP contribution is 2.45. The number of benzene rings is 3. The van der Waals surface area contributed by atoms with Crippen LogP contribution in [0.15, 0.2) is 60.7 Å². The molecule has 0 aromatic heterocycles. The van der Waals surface area contributed by atoms with Crippen molar-refractivity contribution in [1.82, 2.24) is 0 Å². The SMILES string of the molecule is C/C=C/C1CCC(C2CCC(c3ccc(-c4ccc(-c5ccc(CCCCC)c(F)c5F)cc4)c(F)c3F)CC2)CC1. The van der Waals surface area contributed by atoms with Gasteiger partial charge in [0.2, 0.25) is 0 Å². The molecule has 0 saturated heterocycles. The van der Waals surface area contributed by atoms with Crippen molar-refractivity contribution in [3.63, 3.8) is 0 Å². The molecule has 0 N–H and O–H groups in total. The molecule has 0 heterocycles. The summed E-state index contributed by atoms with van der Waals surface area (Å²) in [7, 11) is 0. The molecule has 2 fully saturated rings. The van der Waals surface area contributed by atoms with Crippen LogP contribution in [0.25, 0.3) is 22.3 Å². The highest BCUT2D eigenvalue weighted by atomic mass is 19.2. The van der Waals surface area contributed by atoms with Gasteiger partial charge in [0.1, 0.15) is 0 Å². The average molecular weight is 577 g/mol. The number of hydrogen-bond acceptors (Lipinski definition) is 0. The number of rotatable bonds is 9. The minimum absolute atomic E-state index is 0.0503. The van der Waals surface area contributed by atoms with E-state index in [9.17, 15) is 8.78 Å². The third-order valence-corrected chi connectivity index (χ3v) is 9.99. The first-order valence-corrected chi connectivity index (χ1v) is 16.1. The number of allylic oxidation sites excluding steroid dienone is 2. The molecule has 0 bridgehead atoms. The average Bonchev–Trinajstić information content (AvgIpc) is 3.02. The number of unbranched alkanes of at least 4 members (excludes halogenated alkanes) is 2. The Morgan fingerprint density at radius 2 is 1.17 bits per heavy atom. The van der Waals surface area contributed by atoms with Crippen molar-refractivity contribution in [3.05, 3.63) is 95.1 Å². The molecule has 2 saturated carbocycles. The summed E-state index contributed by atoms with van der Waals surface area (Å²) in [5.41, 5.74) is 2.24. The first-order chi connectivity index (χ1) is 20.4. The molecule has 3 aromatic rings. The van der Waals surface area contributed by atoms with Crippen LogP contribution in [0.1, 0.15) is 102 Å². The van der Waals surface area contributed by atoms with Crippen molar-refractivity contribution in [2.45, 2.75) is 96.8 Å². The highest BCUT2D eigenvalue weighted by Gasteiger charge is 2.32. The van der Waals surface area contributed by atoms with Gasteiger partial charge in [-0.15, -0.1) is 0 Å². The van der Waals surface area contributed by atoms with Gasteiger partial charge in [0.05, 0.1) is 0 Å². The van der Waals surface area contributed by atoms with Gasteiger partial charge >= 0.3 is 0 Å². The third kappa shape index (κ3) is 6.68. The van der Waals surface area contributed by atoms with Gasteiger partial charge in [0, 0.05) is 11.1 Å². The largest absolute Gasteiger partial charge is 0.203 e. The molecular weight excluding hydrogens is 532 g/mol. The van der Waals surface area contributed by atoms with Crippen LogP contribution in [0, 0.1) is 41.0 Å². The Balaban J connectivity index is 1.24. The van der Waals surface area contributed by atoms with Crippen molar-refractivity contribution < 1.29 is 17.6 Å². The van der Waals surface area contributed by atoms with E-state index in [2.05, 4.69) is 26.0 Å². The summed E-state index contributed by atoms with van der Waals surface area (Å²) in [6.45, 7) is 4.17. The van der Waals surface area contributed by atoms with E-state index in [0.717, 1.165) is 56.8 Å². The summed E-state index contributed by atoms with van der Waals surface area (Å²) in [5, 5.41) is 0. The fourth-order valence-corrected chi connectivity index (χ4v) is 7.49. The van der Waals surface area contributed by atoms with Gasteiger partial charge in [0.25, 0.3) is 0 Å². The highest BCUT2D eigenvalue weighted by molar-refractivity contribution is 5.71. The lowest BCUT2D eigenvalue weighted by atomic mass is 9.68. The second-order valence-electron chi connectivity index (χ2n) is 12.6. The summed E-state index contributed by atoms with van der Waals surface area (Å²) >= 11 is 0. The van der Waals surface area contributed by atoms with Gasteiger partial charge in [0.15, 0.2) is 23.3 Å².